The van der Waals surface area contributed by atoms with Crippen molar-refractivity contribution < 1.29 is 13.2 Å². The van der Waals surface area contributed by atoms with Crippen molar-refractivity contribution in [2.75, 3.05) is 0 Å². The molecule has 7 unspecified atom stereocenters. The normalized spacial score (nSPS) is 47.4. The molecule has 0 bridgehead atoms. The lowest BCUT2D eigenvalue weighted by Crippen LogP contribution is -2.42. The van der Waals surface area contributed by atoms with Crippen LogP contribution in [0.1, 0.15) is 123 Å². The summed E-state index contributed by atoms with van der Waals surface area (Å²) in [5, 5.41) is 0. The third kappa shape index (κ3) is 6.52. The van der Waals surface area contributed by atoms with E-state index in [2.05, 4.69) is 13.8 Å². The molecule has 0 amide bonds. The predicted octanol–water partition coefficient (Wildman–Crippen LogP) is 9.66. The van der Waals surface area contributed by atoms with E-state index in [9.17, 15) is 4.39 Å². The van der Waals surface area contributed by atoms with Crippen LogP contribution in [0.3, 0.4) is 0 Å². The van der Waals surface area contributed by atoms with Gasteiger partial charge in [0.05, 0.1) is 0 Å². The molecule has 0 N–H and O–H groups in total. The second-order valence-electron chi connectivity index (χ2n) is 12.9. The minimum atomic E-state index is -1.25. The summed E-state index contributed by atoms with van der Waals surface area (Å²) in [6, 6.07) is 0. The van der Waals surface area contributed by atoms with Crippen LogP contribution in [0.2, 0.25) is 0 Å². The van der Waals surface area contributed by atoms with Crippen molar-refractivity contribution in [2.24, 2.45) is 47.3 Å². The molecule has 4 rings (SSSR count). The fourth-order valence-electron chi connectivity index (χ4n) is 8.55. The van der Waals surface area contributed by atoms with E-state index >= 15 is 8.78 Å². The van der Waals surface area contributed by atoms with E-state index in [1.807, 2.05) is 0 Å². The number of alkyl halides is 3. The summed E-state index contributed by atoms with van der Waals surface area (Å²) in [5.41, 5.74) is 0. The van der Waals surface area contributed by atoms with Gasteiger partial charge < -0.3 is 0 Å². The molecule has 0 aliphatic heterocycles. The monoisotopic (exact) mass is 468 g/mol. The minimum absolute atomic E-state index is 0.0267. The summed E-state index contributed by atoms with van der Waals surface area (Å²) in [7, 11) is 0. The lowest BCUT2D eigenvalue weighted by molar-refractivity contribution is -0.0165. The van der Waals surface area contributed by atoms with Crippen LogP contribution in [0.4, 0.5) is 13.2 Å². The quantitative estimate of drug-likeness (QED) is 0.349. The molecule has 4 aliphatic rings. The molecule has 192 valence electrons. The largest absolute Gasteiger partial charge is 0.247 e. The van der Waals surface area contributed by atoms with Crippen LogP contribution in [0.5, 0.6) is 0 Å². The Morgan fingerprint density at radius 2 is 1.15 bits per heavy atom. The number of hydrogen-bond donors (Lipinski definition) is 0. The van der Waals surface area contributed by atoms with Gasteiger partial charge in [-0.1, -0.05) is 65.2 Å². The standard InChI is InChI=1S/C30H51F3/c1-3-4-21-6-13-24(14-7-21)27-18-16-25(29(32)30(27)33)15-10-22-8-11-23(12-9-22)26-17-5-20(2)19-28(26)31/h20-30H,3-19H2,1-2H3. The second kappa shape index (κ2) is 12.2. The molecule has 0 spiro atoms. The second-order valence-corrected chi connectivity index (χ2v) is 12.9. The fourth-order valence-corrected chi connectivity index (χ4v) is 8.55. The van der Waals surface area contributed by atoms with E-state index in [-0.39, 0.29) is 17.8 Å². The first-order valence-electron chi connectivity index (χ1n) is 14.9. The van der Waals surface area contributed by atoms with Crippen molar-refractivity contribution in [2.45, 2.75) is 142 Å². The molecule has 33 heavy (non-hydrogen) atoms. The topological polar surface area (TPSA) is 0 Å². The maximum atomic E-state index is 15.2. The Bertz CT molecular complexity index is 563. The number of rotatable bonds is 7. The average Bonchev–Trinajstić information content (AvgIpc) is 2.81. The van der Waals surface area contributed by atoms with Crippen molar-refractivity contribution >= 4 is 0 Å². The van der Waals surface area contributed by atoms with Gasteiger partial charge in [-0.25, -0.2) is 13.2 Å². The molecule has 4 aliphatic carbocycles. The Kier molecular flexibility index (Phi) is 9.53. The van der Waals surface area contributed by atoms with Gasteiger partial charge in [-0.15, -0.1) is 0 Å². The molecule has 0 nitrogen and oxygen atoms in total. The van der Waals surface area contributed by atoms with Crippen LogP contribution in [-0.4, -0.2) is 18.5 Å². The summed E-state index contributed by atoms with van der Waals surface area (Å²) in [4.78, 5) is 0. The minimum Gasteiger partial charge on any atom is -0.247 e. The molecule has 4 saturated carbocycles. The molecular formula is C30H51F3. The molecular weight excluding hydrogens is 417 g/mol. The Morgan fingerprint density at radius 1 is 0.576 bits per heavy atom. The summed E-state index contributed by atoms with van der Waals surface area (Å²) >= 11 is 0. The van der Waals surface area contributed by atoms with E-state index in [1.165, 1.54) is 44.9 Å². The summed E-state index contributed by atoms with van der Waals surface area (Å²) < 4.78 is 45.0. The van der Waals surface area contributed by atoms with E-state index in [0.717, 1.165) is 70.1 Å². The SMILES string of the molecule is CCCC1CCC(C2CCC(CCC3CCC(C4CCC(C)CC4F)CC3)C(F)C2F)CC1. The first-order valence-corrected chi connectivity index (χ1v) is 14.9. The number of halogens is 3. The van der Waals surface area contributed by atoms with Crippen LogP contribution in [0.15, 0.2) is 0 Å². The summed E-state index contributed by atoms with van der Waals surface area (Å²) in [6.45, 7) is 4.44. The Labute approximate surface area is 202 Å². The Morgan fingerprint density at radius 3 is 1.76 bits per heavy atom. The highest BCUT2D eigenvalue weighted by Crippen LogP contribution is 2.47. The van der Waals surface area contributed by atoms with Gasteiger partial charge in [-0.05, 0) is 105 Å². The van der Waals surface area contributed by atoms with Crippen molar-refractivity contribution in [3.8, 4) is 0 Å². The van der Waals surface area contributed by atoms with E-state index in [1.54, 1.807) is 0 Å². The molecule has 4 fully saturated rings. The third-order valence-electron chi connectivity index (χ3n) is 10.8. The smallest absolute Gasteiger partial charge is 0.134 e. The fraction of sp³-hybridized carbons (Fsp3) is 1.00. The predicted molar refractivity (Wildman–Crippen MR) is 132 cm³/mol. The van der Waals surface area contributed by atoms with Crippen LogP contribution in [0.25, 0.3) is 0 Å². The van der Waals surface area contributed by atoms with E-state index in [0.29, 0.717) is 23.7 Å². The Balaban J connectivity index is 1.17. The summed E-state index contributed by atoms with van der Waals surface area (Å²) in [6.07, 6.45) is 15.6. The molecule has 0 saturated heterocycles. The molecule has 0 aromatic heterocycles. The van der Waals surface area contributed by atoms with Gasteiger partial charge in [0, 0.05) is 0 Å². The third-order valence-corrected chi connectivity index (χ3v) is 10.8. The first kappa shape index (κ1) is 25.9. The highest BCUT2D eigenvalue weighted by molar-refractivity contribution is 4.93. The molecule has 3 heteroatoms. The summed E-state index contributed by atoms with van der Waals surface area (Å²) in [5.74, 6) is 3.21. The van der Waals surface area contributed by atoms with Crippen LogP contribution in [0, 0.1) is 47.3 Å². The van der Waals surface area contributed by atoms with Gasteiger partial charge in [-0.3, -0.25) is 0 Å². The highest BCUT2D eigenvalue weighted by Gasteiger charge is 2.44. The van der Waals surface area contributed by atoms with Gasteiger partial charge in [0.2, 0.25) is 0 Å². The van der Waals surface area contributed by atoms with Crippen molar-refractivity contribution in [1.82, 2.24) is 0 Å². The lowest BCUT2D eigenvalue weighted by Gasteiger charge is -2.42. The maximum Gasteiger partial charge on any atom is 0.134 e. The highest BCUT2D eigenvalue weighted by atomic mass is 19.2. The zero-order valence-corrected chi connectivity index (χ0v) is 21.5. The first-order chi connectivity index (χ1) is 16.0. The van der Waals surface area contributed by atoms with Crippen LogP contribution >= 0.6 is 0 Å². The maximum absolute atomic E-state index is 15.2. The van der Waals surface area contributed by atoms with Crippen LogP contribution < -0.4 is 0 Å². The van der Waals surface area contributed by atoms with Crippen molar-refractivity contribution in [3.63, 3.8) is 0 Å². The van der Waals surface area contributed by atoms with Gasteiger partial charge in [0.1, 0.15) is 18.5 Å². The van der Waals surface area contributed by atoms with E-state index < -0.39 is 18.5 Å². The van der Waals surface area contributed by atoms with Gasteiger partial charge in [-0.2, -0.15) is 0 Å². The molecule has 0 aromatic rings. The lowest BCUT2D eigenvalue weighted by atomic mass is 9.66. The van der Waals surface area contributed by atoms with E-state index in [4.69, 9.17) is 0 Å². The van der Waals surface area contributed by atoms with Crippen molar-refractivity contribution in [3.05, 3.63) is 0 Å². The molecule has 7 atom stereocenters. The molecule has 0 heterocycles. The van der Waals surface area contributed by atoms with Gasteiger partial charge in [0.25, 0.3) is 0 Å². The number of hydrogen-bond acceptors (Lipinski definition) is 0. The van der Waals surface area contributed by atoms with Gasteiger partial charge >= 0.3 is 0 Å². The van der Waals surface area contributed by atoms with Crippen LogP contribution in [-0.2, 0) is 0 Å². The van der Waals surface area contributed by atoms with Crippen molar-refractivity contribution in [1.29, 1.82) is 0 Å². The zero-order chi connectivity index (χ0) is 23.4. The van der Waals surface area contributed by atoms with Gasteiger partial charge in [0.15, 0.2) is 0 Å². The molecule has 0 aromatic carbocycles. The Hall–Kier alpha value is -0.210. The average molecular weight is 469 g/mol. The molecule has 0 radical (unpaired) electrons. The zero-order valence-electron chi connectivity index (χ0n) is 21.5.